The normalized spacial score (nSPS) is 10.1. The van der Waals surface area contributed by atoms with Crippen LogP contribution in [0.2, 0.25) is 0 Å². The number of hydrogen-bond donors (Lipinski definition) is 2. The third-order valence-corrected chi connectivity index (χ3v) is 3.58. The van der Waals surface area contributed by atoms with E-state index in [9.17, 15) is 4.79 Å². The molecule has 0 bridgehead atoms. The number of carbonyl (C=O) groups is 1. The van der Waals surface area contributed by atoms with Crippen molar-refractivity contribution in [1.82, 2.24) is 5.32 Å². The van der Waals surface area contributed by atoms with E-state index < -0.39 is 0 Å². The largest absolute Gasteiger partial charge is 0.494 e. The Morgan fingerprint density at radius 1 is 1.04 bits per heavy atom. The third kappa shape index (κ3) is 5.50. The Morgan fingerprint density at radius 2 is 1.71 bits per heavy atom. The molecule has 2 N–H and O–H groups in total. The Morgan fingerprint density at radius 3 is 2.29 bits per heavy atom. The Labute approximate surface area is 143 Å². The lowest BCUT2D eigenvalue weighted by molar-refractivity contribution is 0.252. The molecule has 0 atom stereocenters. The maximum atomic E-state index is 11.9. The van der Waals surface area contributed by atoms with Crippen LogP contribution >= 0.6 is 0 Å². The number of ether oxygens (including phenoxy) is 1. The van der Waals surface area contributed by atoms with Crippen LogP contribution in [0, 0.1) is 0 Å². The van der Waals surface area contributed by atoms with Crippen LogP contribution in [0.15, 0.2) is 48.5 Å². The van der Waals surface area contributed by atoms with Gasteiger partial charge in [-0.05, 0) is 55.3 Å². The van der Waals surface area contributed by atoms with Crippen LogP contribution in [0.3, 0.4) is 0 Å². The second-order valence-electron chi connectivity index (χ2n) is 5.65. The van der Waals surface area contributed by atoms with Gasteiger partial charge in [-0.1, -0.05) is 12.1 Å². The molecule has 0 unspecified atom stereocenters. The number of anilines is 2. The van der Waals surface area contributed by atoms with Gasteiger partial charge in [-0.25, -0.2) is 4.79 Å². The first-order valence-corrected chi connectivity index (χ1v) is 8.12. The number of nitrogens with zero attached hydrogens (tertiary/aromatic N) is 1. The van der Waals surface area contributed by atoms with Crippen molar-refractivity contribution in [3.05, 3.63) is 54.1 Å². The summed E-state index contributed by atoms with van der Waals surface area (Å²) in [4.78, 5) is 14.0. The second kappa shape index (κ2) is 8.82. The molecule has 24 heavy (non-hydrogen) atoms. The standard InChI is InChI=1S/C19H25N3O2/c1-4-24-18-11-7-16(8-12-18)21-19(23)20-14-13-15-5-9-17(10-6-15)22(2)3/h5-12H,4,13-14H2,1-3H3,(H2,20,21,23). The fourth-order valence-electron chi connectivity index (χ4n) is 2.26. The van der Waals surface area contributed by atoms with Gasteiger partial charge in [0.25, 0.3) is 0 Å². The second-order valence-corrected chi connectivity index (χ2v) is 5.65. The molecule has 0 saturated carbocycles. The summed E-state index contributed by atoms with van der Waals surface area (Å²) in [5.74, 6) is 0.796. The molecule has 0 aliphatic heterocycles. The van der Waals surface area contributed by atoms with Gasteiger partial charge in [0.2, 0.25) is 0 Å². The molecule has 0 saturated heterocycles. The highest BCUT2D eigenvalue weighted by Crippen LogP contribution is 2.15. The number of hydrogen-bond acceptors (Lipinski definition) is 3. The summed E-state index contributed by atoms with van der Waals surface area (Å²) in [6.45, 7) is 3.15. The van der Waals surface area contributed by atoms with Gasteiger partial charge in [-0.2, -0.15) is 0 Å². The maximum absolute atomic E-state index is 11.9. The highest BCUT2D eigenvalue weighted by atomic mass is 16.5. The van der Waals surface area contributed by atoms with E-state index in [0.29, 0.717) is 13.2 Å². The molecular weight excluding hydrogens is 302 g/mol. The predicted octanol–water partition coefficient (Wildman–Crippen LogP) is 3.52. The Hall–Kier alpha value is -2.69. The summed E-state index contributed by atoms with van der Waals surface area (Å²) in [5.41, 5.74) is 3.10. The van der Waals surface area contributed by atoms with E-state index in [-0.39, 0.29) is 6.03 Å². The zero-order valence-corrected chi connectivity index (χ0v) is 14.5. The van der Waals surface area contributed by atoms with E-state index in [1.165, 1.54) is 11.3 Å². The summed E-state index contributed by atoms with van der Waals surface area (Å²) in [7, 11) is 4.03. The van der Waals surface area contributed by atoms with Crippen molar-refractivity contribution in [2.75, 3.05) is 37.5 Å². The molecule has 2 rings (SSSR count). The number of rotatable bonds is 7. The molecule has 0 heterocycles. The zero-order valence-electron chi connectivity index (χ0n) is 14.5. The van der Waals surface area contributed by atoms with E-state index >= 15 is 0 Å². The first-order valence-electron chi connectivity index (χ1n) is 8.12. The van der Waals surface area contributed by atoms with Crippen molar-refractivity contribution in [1.29, 1.82) is 0 Å². The van der Waals surface area contributed by atoms with E-state index in [2.05, 4.69) is 39.8 Å². The van der Waals surface area contributed by atoms with E-state index in [4.69, 9.17) is 4.74 Å². The summed E-state index contributed by atoms with van der Waals surface area (Å²) < 4.78 is 5.37. The van der Waals surface area contributed by atoms with Gasteiger partial charge in [0.1, 0.15) is 5.75 Å². The van der Waals surface area contributed by atoms with Gasteiger partial charge in [-0.3, -0.25) is 0 Å². The van der Waals surface area contributed by atoms with Gasteiger partial charge in [0.15, 0.2) is 0 Å². The van der Waals surface area contributed by atoms with Gasteiger partial charge >= 0.3 is 6.03 Å². The first-order chi connectivity index (χ1) is 11.6. The lowest BCUT2D eigenvalue weighted by Crippen LogP contribution is -2.30. The smallest absolute Gasteiger partial charge is 0.319 e. The first kappa shape index (κ1) is 17.7. The van der Waals surface area contributed by atoms with E-state index in [0.717, 1.165) is 17.9 Å². The molecule has 0 spiro atoms. The number of nitrogens with one attached hydrogen (secondary N) is 2. The minimum atomic E-state index is -0.205. The van der Waals surface area contributed by atoms with Crippen molar-refractivity contribution in [2.45, 2.75) is 13.3 Å². The summed E-state index contributed by atoms with van der Waals surface area (Å²) in [6.07, 6.45) is 0.796. The van der Waals surface area contributed by atoms with Crippen molar-refractivity contribution >= 4 is 17.4 Å². The third-order valence-electron chi connectivity index (χ3n) is 3.58. The molecule has 0 radical (unpaired) electrons. The van der Waals surface area contributed by atoms with Crippen LogP contribution in [0.25, 0.3) is 0 Å². The fraction of sp³-hybridized carbons (Fsp3) is 0.316. The van der Waals surface area contributed by atoms with Crippen LogP contribution in [0.1, 0.15) is 12.5 Å². The van der Waals surface area contributed by atoms with Gasteiger partial charge in [-0.15, -0.1) is 0 Å². The zero-order chi connectivity index (χ0) is 17.4. The lowest BCUT2D eigenvalue weighted by Gasteiger charge is -2.13. The maximum Gasteiger partial charge on any atom is 0.319 e. The van der Waals surface area contributed by atoms with Crippen LogP contribution in [-0.4, -0.2) is 33.3 Å². The summed E-state index contributed by atoms with van der Waals surface area (Å²) in [5, 5.41) is 5.67. The molecule has 2 aromatic rings. The lowest BCUT2D eigenvalue weighted by atomic mass is 10.1. The molecule has 0 aliphatic rings. The van der Waals surface area contributed by atoms with Gasteiger partial charge < -0.3 is 20.3 Å². The quantitative estimate of drug-likeness (QED) is 0.818. The van der Waals surface area contributed by atoms with Crippen molar-refractivity contribution in [3.8, 4) is 5.75 Å². The Balaban J connectivity index is 1.74. The molecule has 0 aromatic heterocycles. The molecule has 2 aromatic carbocycles. The highest BCUT2D eigenvalue weighted by molar-refractivity contribution is 5.89. The highest BCUT2D eigenvalue weighted by Gasteiger charge is 2.02. The van der Waals surface area contributed by atoms with Crippen molar-refractivity contribution in [2.24, 2.45) is 0 Å². The average molecular weight is 327 g/mol. The van der Waals surface area contributed by atoms with E-state index in [1.54, 1.807) is 0 Å². The monoisotopic (exact) mass is 327 g/mol. The Bertz CT molecular complexity index is 637. The molecule has 2 amide bonds. The minimum absolute atomic E-state index is 0.205. The molecule has 5 nitrogen and oxygen atoms in total. The Kier molecular flexibility index (Phi) is 6.49. The number of carbonyl (C=O) groups excluding carboxylic acids is 1. The minimum Gasteiger partial charge on any atom is -0.494 e. The number of urea groups is 1. The molecule has 5 heteroatoms. The van der Waals surface area contributed by atoms with Crippen LogP contribution < -0.4 is 20.3 Å². The predicted molar refractivity (Wildman–Crippen MR) is 99.1 cm³/mol. The summed E-state index contributed by atoms with van der Waals surface area (Å²) in [6, 6.07) is 15.4. The molecule has 0 fully saturated rings. The van der Waals surface area contributed by atoms with Crippen molar-refractivity contribution in [3.63, 3.8) is 0 Å². The average Bonchev–Trinajstić information content (AvgIpc) is 2.57. The molecule has 128 valence electrons. The molecular formula is C19H25N3O2. The SMILES string of the molecule is CCOc1ccc(NC(=O)NCCc2ccc(N(C)C)cc2)cc1. The van der Waals surface area contributed by atoms with Crippen molar-refractivity contribution < 1.29 is 9.53 Å². The van der Waals surface area contributed by atoms with Crippen LogP contribution in [0.5, 0.6) is 5.75 Å². The topological polar surface area (TPSA) is 53.6 Å². The van der Waals surface area contributed by atoms with Crippen LogP contribution in [-0.2, 0) is 6.42 Å². The fourth-order valence-corrected chi connectivity index (χ4v) is 2.26. The van der Waals surface area contributed by atoms with Crippen LogP contribution in [0.4, 0.5) is 16.2 Å². The van der Waals surface area contributed by atoms with Gasteiger partial charge in [0.05, 0.1) is 6.61 Å². The number of benzene rings is 2. The number of amides is 2. The summed E-state index contributed by atoms with van der Waals surface area (Å²) >= 11 is 0. The molecule has 0 aliphatic carbocycles. The van der Waals surface area contributed by atoms with E-state index in [1.807, 2.05) is 45.3 Å². The van der Waals surface area contributed by atoms with Gasteiger partial charge in [0, 0.05) is 32.0 Å².